The van der Waals surface area contributed by atoms with E-state index < -0.39 is 0 Å². The molecular weight excluding hydrogens is 1100 g/mol. The molecular formula is C84H50N4O2. The minimum Gasteiger partial charge on any atom is -0.456 e. The Kier molecular flexibility index (Phi) is 10.2. The number of aromatic nitrogens is 4. The van der Waals surface area contributed by atoms with Gasteiger partial charge < -0.3 is 27.9 Å². The van der Waals surface area contributed by atoms with Gasteiger partial charge in [0.2, 0.25) is 0 Å². The lowest BCUT2D eigenvalue weighted by molar-refractivity contribution is 0.669. The van der Waals surface area contributed by atoms with Crippen LogP contribution in [0.4, 0.5) is 0 Å². The lowest BCUT2D eigenvalue weighted by Crippen LogP contribution is -1.98. The molecule has 0 aliphatic rings. The van der Waals surface area contributed by atoms with Gasteiger partial charge in [0, 0.05) is 103 Å². The monoisotopic (exact) mass is 1150 g/mol. The molecule has 90 heavy (non-hydrogen) atoms. The molecule has 0 amide bonds. The number of hydrogen-bond donors (Lipinski definition) is 2. The van der Waals surface area contributed by atoms with E-state index in [1.807, 2.05) is 6.07 Å². The van der Waals surface area contributed by atoms with Gasteiger partial charge in [-0.1, -0.05) is 194 Å². The number of rotatable bonds is 7. The van der Waals surface area contributed by atoms with Crippen molar-refractivity contribution in [3.8, 4) is 67.0 Å². The summed E-state index contributed by atoms with van der Waals surface area (Å²) in [5, 5.41) is 14.1. The third kappa shape index (κ3) is 6.98. The SMILES string of the molecule is c1ccc(-c2cc(-c3ccc4c(c3)oc3c(-c5cccc6[nH]c7ccc8c(c9ccccc9n8-c8ccccc8-c8ccccc8)c7c56)cccc34)ccc2-n2c3ccccc3c3c4c(ccc32)[nH]c2ccc(-c3cccc5oc6ccccc6c35)cc24)cc1. The number of fused-ring (bicyclic) bond motifs is 20. The number of benzene rings is 14. The van der Waals surface area contributed by atoms with Crippen LogP contribution in [0.15, 0.2) is 300 Å². The predicted molar refractivity (Wildman–Crippen MR) is 376 cm³/mol. The van der Waals surface area contributed by atoms with Gasteiger partial charge in [0.25, 0.3) is 0 Å². The van der Waals surface area contributed by atoms with Crippen molar-refractivity contribution in [2.24, 2.45) is 0 Å². The number of aromatic amines is 2. The number of furan rings is 2. The highest BCUT2D eigenvalue weighted by Gasteiger charge is 2.25. The van der Waals surface area contributed by atoms with Crippen molar-refractivity contribution in [1.29, 1.82) is 0 Å². The highest BCUT2D eigenvalue weighted by molar-refractivity contribution is 6.32. The first-order chi connectivity index (χ1) is 44.6. The van der Waals surface area contributed by atoms with Crippen LogP contribution in [0.3, 0.4) is 0 Å². The van der Waals surface area contributed by atoms with Crippen LogP contribution in [-0.2, 0) is 0 Å². The van der Waals surface area contributed by atoms with E-state index in [2.05, 4.69) is 304 Å². The molecule has 0 aliphatic heterocycles. The molecule has 0 saturated carbocycles. The molecule has 0 saturated heterocycles. The maximum absolute atomic E-state index is 7.20. The van der Waals surface area contributed by atoms with E-state index >= 15 is 0 Å². The van der Waals surface area contributed by atoms with E-state index in [0.29, 0.717) is 0 Å². The van der Waals surface area contributed by atoms with Crippen LogP contribution < -0.4 is 0 Å². The van der Waals surface area contributed by atoms with Gasteiger partial charge in [-0.25, -0.2) is 0 Å². The second-order valence-corrected chi connectivity index (χ2v) is 24.0. The van der Waals surface area contributed by atoms with Gasteiger partial charge in [-0.05, 0) is 136 Å². The molecule has 0 radical (unpaired) electrons. The molecule has 6 aromatic heterocycles. The number of H-pyrrole nitrogens is 2. The molecule has 6 nitrogen and oxygen atoms in total. The van der Waals surface area contributed by atoms with Crippen LogP contribution in [0.5, 0.6) is 0 Å². The van der Waals surface area contributed by atoms with E-state index in [0.717, 1.165) is 138 Å². The summed E-state index contributed by atoms with van der Waals surface area (Å²) < 4.78 is 18.5. The van der Waals surface area contributed by atoms with Crippen molar-refractivity contribution in [2.75, 3.05) is 0 Å². The van der Waals surface area contributed by atoms with Crippen LogP contribution in [0.1, 0.15) is 0 Å². The maximum atomic E-state index is 7.20. The summed E-state index contributed by atoms with van der Waals surface area (Å²) in [5.74, 6) is 0. The largest absolute Gasteiger partial charge is 0.456 e. The molecule has 0 unspecified atom stereocenters. The average molecular weight is 1150 g/mol. The van der Waals surface area contributed by atoms with Gasteiger partial charge in [0.15, 0.2) is 0 Å². The standard InChI is InChI=1S/C84H50N4O2/c1-3-18-49(19-4-1)54-22-7-11-31-69(54)87-71-33-13-9-24-61(71)82-74(87)45-42-68-83(82)79-57(27-16-30-66(79)86-68)59-29-15-28-58-56-39-36-52(48-77(56)90-84(58)59)51-38-43-72(63(46-51)50-20-5-2-6-21-50)88-70-32-12-8-23-60(70)81-73(88)44-41-67-80(81)64-47-53(37-40-65(64)85-67)55-26-17-35-76-78(55)62-25-10-14-34-75(62)89-76/h1-48,85-86H. The first-order valence-electron chi connectivity index (χ1n) is 30.8. The zero-order chi connectivity index (χ0) is 58.7. The Morgan fingerprint density at radius 3 is 1.57 bits per heavy atom. The van der Waals surface area contributed by atoms with Gasteiger partial charge in [-0.3, -0.25) is 0 Å². The fourth-order valence-corrected chi connectivity index (χ4v) is 15.4. The predicted octanol–water partition coefficient (Wildman–Crippen LogP) is 23.3. The van der Waals surface area contributed by atoms with Crippen LogP contribution >= 0.6 is 0 Å². The molecule has 0 atom stereocenters. The van der Waals surface area contributed by atoms with Gasteiger partial charge in [0.05, 0.1) is 33.4 Å². The third-order valence-corrected chi connectivity index (χ3v) is 19.2. The van der Waals surface area contributed by atoms with Gasteiger partial charge in [0.1, 0.15) is 22.3 Å². The molecule has 0 fully saturated rings. The van der Waals surface area contributed by atoms with Crippen molar-refractivity contribution >= 4 is 131 Å². The minimum atomic E-state index is 0.844. The van der Waals surface area contributed by atoms with Crippen LogP contribution in [-0.4, -0.2) is 19.1 Å². The number of hydrogen-bond acceptors (Lipinski definition) is 2. The van der Waals surface area contributed by atoms with E-state index in [-0.39, 0.29) is 0 Å². The van der Waals surface area contributed by atoms with Gasteiger partial charge >= 0.3 is 0 Å². The fraction of sp³-hybridized carbons (Fsp3) is 0. The summed E-state index contributed by atoms with van der Waals surface area (Å²) in [7, 11) is 0. The maximum Gasteiger partial charge on any atom is 0.143 e. The Balaban J connectivity index is 0.738. The summed E-state index contributed by atoms with van der Waals surface area (Å²) >= 11 is 0. The zero-order valence-electron chi connectivity index (χ0n) is 48.4. The molecule has 20 rings (SSSR count). The molecule has 6 heterocycles. The average Bonchev–Trinajstić information content (AvgIpc) is 1.56. The Bertz CT molecular complexity index is 6400. The molecule has 6 heteroatoms. The molecule has 20 aromatic rings. The number of nitrogens with zero attached hydrogens (tertiary/aromatic N) is 2. The minimum absolute atomic E-state index is 0.844. The van der Waals surface area contributed by atoms with Crippen LogP contribution in [0, 0.1) is 0 Å². The summed E-state index contributed by atoms with van der Waals surface area (Å²) in [4.78, 5) is 7.68. The van der Waals surface area contributed by atoms with Crippen molar-refractivity contribution in [2.45, 2.75) is 0 Å². The Hall–Kier alpha value is -12.1. The number of para-hydroxylation sites is 5. The quantitative estimate of drug-likeness (QED) is 0.167. The summed E-state index contributed by atoms with van der Waals surface area (Å²) in [6.07, 6.45) is 0. The molecule has 0 spiro atoms. The summed E-state index contributed by atoms with van der Waals surface area (Å²) in [6, 6.07) is 106. The lowest BCUT2D eigenvalue weighted by atomic mass is 9.95. The number of nitrogens with one attached hydrogen (secondary N) is 2. The molecule has 14 aromatic carbocycles. The van der Waals surface area contributed by atoms with Crippen molar-refractivity contribution in [1.82, 2.24) is 19.1 Å². The second-order valence-electron chi connectivity index (χ2n) is 24.0. The third-order valence-electron chi connectivity index (χ3n) is 19.2. The highest BCUT2D eigenvalue weighted by Crippen LogP contribution is 2.49. The van der Waals surface area contributed by atoms with Gasteiger partial charge in [-0.2, -0.15) is 0 Å². The van der Waals surface area contributed by atoms with Gasteiger partial charge in [-0.15, -0.1) is 0 Å². The highest BCUT2D eigenvalue weighted by atomic mass is 16.3. The smallest absolute Gasteiger partial charge is 0.143 e. The zero-order valence-corrected chi connectivity index (χ0v) is 48.4. The first kappa shape index (κ1) is 49.0. The Morgan fingerprint density at radius 1 is 0.222 bits per heavy atom. The van der Waals surface area contributed by atoms with Crippen molar-refractivity contribution in [3.63, 3.8) is 0 Å². The second kappa shape index (κ2) is 18.7. The lowest BCUT2D eigenvalue weighted by Gasteiger charge is -2.16. The van der Waals surface area contributed by atoms with E-state index in [9.17, 15) is 0 Å². The molecule has 418 valence electrons. The molecule has 0 bridgehead atoms. The molecule has 2 N–H and O–H groups in total. The van der Waals surface area contributed by atoms with E-state index in [4.69, 9.17) is 8.83 Å². The topological polar surface area (TPSA) is 67.7 Å². The fourth-order valence-electron chi connectivity index (χ4n) is 15.4. The van der Waals surface area contributed by atoms with Crippen LogP contribution in [0.25, 0.3) is 198 Å². The first-order valence-corrected chi connectivity index (χ1v) is 30.8. The van der Waals surface area contributed by atoms with Crippen molar-refractivity contribution in [3.05, 3.63) is 291 Å². The Morgan fingerprint density at radius 2 is 0.767 bits per heavy atom. The van der Waals surface area contributed by atoms with E-state index in [1.165, 1.54) is 59.7 Å². The summed E-state index contributed by atoms with van der Waals surface area (Å²) in [6.45, 7) is 0. The Labute approximate surface area is 514 Å². The molecule has 0 aliphatic carbocycles. The van der Waals surface area contributed by atoms with E-state index in [1.54, 1.807) is 0 Å². The summed E-state index contributed by atoms with van der Waals surface area (Å²) in [5.41, 5.74) is 26.1. The van der Waals surface area contributed by atoms with Crippen LogP contribution in [0.2, 0.25) is 0 Å². The van der Waals surface area contributed by atoms with Crippen molar-refractivity contribution < 1.29 is 8.83 Å². The normalized spacial score (nSPS) is 12.2.